The van der Waals surface area contributed by atoms with Crippen molar-refractivity contribution in [2.45, 2.75) is 12.6 Å². The zero-order chi connectivity index (χ0) is 13.1. The summed E-state index contributed by atoms with van der Waals surface area (Å²) < 4.78 is 46.7. The predicted molar refractivity (Wildman–Crippen MR) is 53.7 cm³/mol. The lowest BCUT2D eigenvalue weighted by atomic mass is 10.1. The summed E-state index contributed by atoms with van der Waals surface area (Å²) in [6, 6.07) is 2.97. The van der Waals surface area contributed by atoms with Gasteiger partial charge in [-0.25, -0.2) is 0 Å². The van der Waals surface area contributed by atoms with Crippen molar-refractivity contribution < 1.29 is 27.4 Å². The highest BCUT2D eigenvalue weighted by atomic mass is 19.4. The monoisotopic (exact) mass is 248 g/mol. The zero-order valence-corrected chi connectivity index (χ0v) is 9.30. The number of carbonyl (C=O) groups excluding carboxylic acids is 1. The first kappa shape index (κ1) is 13.3. The molecule has 0 aromatic heterocycles. The average Bonchev–Trinajstić information content (AvgIpc) is 2.27. The fraction of sp³-hybridized carbons (Fsp3) is 0.364. The van der Waals surface area contributed by atoms with Crippen LogP contribution in [0, 0.1) is 0 Å². The van der Waals surface area contributed by atoms with Crippen LogP contribution >= 0.6 is 0 Å². The molecule has 1 rings (SSSR count). The van der Waals surface area contributed by atoms with E-state index in [1.54, 1.807) is 0 Å². The van der Waals surface area contributed by atoms with Gasteiger partial charge in [0.15, 0.2) is 0 Å². The zero-order valence-electron chi connectivity index (χ0n) is 9.30. The Balaban J connectivity index is 3.11. The van der Waals surface area contributed by atoms with Crippen LogP contribution in [0.5, 0.6) is 5.75 Å². The first-order valence-electron chi connectivity index (χ1n) is 4.69. The first-order valence-corrected chi connectivity index (χ1v) is 4.69. The number of benzene rings is 1. The molecule has 3 nitrogen and oxygen atoms in total. The average molecular weight is 248 g/mol. The second-order valence-corrected chi connectivity index (χ2v) is 3.28. The Kier molecular flexibility index (Phi) is 3.98. The van der Waals surface area contributed by atoms with Crippen LogP contribution in [-0.4, -0.2) is 20.2 Å². The molecule has 17 heavy (non-hydrogen) atoms. The molecule has 0 aliphatic rings. The molecule has 0 saturated heterocycles. The quantitative estimate of drug-likeness (QED) is 0.771. The Bertz CT molecular complexity index is 413. The topological polar surface area (TPSA) is 35.5 Å². The summed E-state index contributed by atoms with van der Waals surface area (Å²) in [5.41, 5.74) is -0.675. The van der Waals surface area contributed by atoms with Crippen molar-refractivity contribution in [3.05, 3.63) is 29.3 Å². The van der Waals surface area contributed by atoms with E-state index in [0.29, 0.717) is 0 Å². The Morgan fingerprint density at radius 2 is 1.94 bits per heavy atom. The molecule has 0 aliphatic carbocycles. The maximum atomic E-state index is 12.5. The van der Waals surface area contributed by atoms with Gasteiger partial charge in [0.25, 0.3) is 0 Å². The summed E-state index contributed by atoms with van der Waals surface area (Å²) in [6.07, 6.45) is -4.71. The summed E-state index contributed by atoms with van der Waals surface area (Å²) in [6.45, 7) is 0. The lowest BCUT2D eigenvalue weighted by molar-refractivity contribution is -0.140. The number of hydrogen-bond donors (Lipinski definition) is 0. The van der Waals surface area contributed by atoms with Gasteiger partial charge in [0.05, 0.1) is 26.2 Å². The molecule has 0 unspecified atom stereocenters. The molecule has 1 aromatic rings. The molecular formula is C11H11F3O3. The van der Waals surface area contributed by atoms with Crippen LogP contribution in [0.3, 0.4) is 0 Å². The van der Waals surface area contributed by atoms with Gasteiger partial charge in [-0.05, 0) is 18.2 Å². The number of esters is 1. The summed E-state index contributed by atoms with van der Waals surface area (Å²) >= 11 is 0. The van der Waals surface area contributed by atoms with E-state index in [2.05, 4.69) is 4.74 Å². The number of alkyl halides is 3. The van der Waals surface area contributed by atoms with E-state index in [1.807, 2.05) is 0 Å². The Labute approximate surface area is 96.1 Å². The molecule has 0 radical (unpaired) electrons. The normalized spacial score (nSPS) is 11.1. The number of carbonyl (C=O) groups is 1. The molecule has 0 saturated carbocycles. The van der Waals surface area contributed by atoms with E-state index < -0.39 is 17.7 Å². The van der Waals surface area contributed by atoms with Gasteiger partial charge < -0.3 is 9.47 Å². The second-order valence-electron chi connectivity index (χ2n) is 3.28. The van der Waals surface area contributed by atoms with Crippen molar-refractivity contribution in [3.8, 4) is 5.75 Å². The fourth-order valence-electron chi connectivity index (χ4n) is 1.32. The Morgan fingerprint density at radius 3 is 2.41 bits per heavy atom. The van der Waals surface area contributed by atoms with Crippen LogP contribution in [0.1, 0.15) is 11.1 Å². The summed E-state index contributed by atoms with van der Waals surface area (Å²) in [5.74, 6) is -0.397. The van der Waals surface area contributed by atoms with E-state index in [9.17, 15) is 18.0 Å². The largest absolute Gasteiger partial charge is 0.496 e. The van der Waals surface area contributed by atoms with Gasteiger partial charge in [-0.1, -0.05) is 0 Å². The third-order valence-corrected chi connectivity index (χ3v) is 2.17. The van der Waals surface area contributed by atoms with Gasteiger partial charge in [0.2, 0.25) is 0 Å². The lowest BCUT2D eigenvalue weighted by Crippen LogP contribution is -2.09. The maximum Gasteiger partial charge on any atom is 0.416 e. The van der Waals surface area contributed by atoms with Crippen molar-refractivity contribution in [2.24, 2.45) is 0 Å². The number of ether oxygens (including phenoxy) is 2. The highest BCUT2D eigenvalue weighted by molar-refractivity contribution is 5.73. The molecule has 0 N–H and O–H groups in total. The molecule has 0 fully saturated rings. The molecule has 0 amide bonds. The van der Waals surface area contributed by atoms with Crippen LogP contribution in [0.15, 0.2) is 18.2 Å². The first-order chi connectivity index (χ1) is 7.88. The molecule has 0 spiro atoms. The molecule has 0 atom stereocenters. The van der Waals surface area contributed by atoms with Crippen molar-refractivity contribution in [1.29, 1.82) is 0 Å². The highest BCUT2D eigenvalue weighted by Crippen LogP contribution is 2.32. The maximum absolute atomic E-state index is 12.5. The van der Waals surface area contributed by atoms with Gasteiger partial charge >= 0.3 is 12.1 Å². The molecule has 94 valence electrons. The molecule has 0 heterocycles. The standard InChI is InChI=1S/C11H11F3O3/c1-16-9-4-3-8(11(12,13)14)5-7(9)6-10(15)17-2/h3-5H,6H2,1-2H3. The van der Waals surface area contributed by atoms with Crippen molar-refractivity contribution >= 4 is 5.97 Å². The van der Waals surface area contributed by atoms with Crippen LogP contribution in [0.25, 0.3) is 0 Å². The minimum Gasteiger partial charge on any atom is -0.496 e. The molecule has 0 aliphatic heterocycles. The van der Waals surface area contributed by atoms with Crippen LogP contribution in [-0.2, 0) is 22.1 Å². The van der Waals surface area contributed by atoms with Gasteiger partial charge in [-0.2, -0.15) is 13.2 Å². The van der Waals surface area contributed by atoms with Gasteiger partial charge in [-0.3, -0.25) is 4.79 Å². The summed E-state index contributed by atoms with van der Waals surface area (Å²) in [5, 5.41) is 0. The Morgan fingerprint density at radius 1 is 1.29 bits per heavy atom. The Hall–Kier alpha value is -1.72. The van der Waals surface area contributed by atoms with Crippen LogP contribution in [0.4, 0.5) is 13.2 Å². The SMILES string of the molecule is COC(=O)Cc1cc(C(F)(F)F)ccc1OC. The van der Waals surface area contributed by atoms with Gasteiger partial charge in [0, 0.05) is 5.56 Å². The minimum absolute atomic E-state index is 0.147. The molecule has 1 aromatic carbocycles. The van der Waals surface area contributed by atoms with Gasteiger partial charge in [0.1, 0.15) is 5.75 Å². The van der Waals surface area contributed by atoms with E-state index in [1.165, 1.54) is 20.3 Å². The highest BCUT2D eigenvalue weighted by Gasteiger charge is 2.31. The van der Waals surface area contributed by atoms with Crippen LogP contribution in [0.2, 0.25) is 0 Å². The van der Waals surface area contributed by atoms with E-state index in [4.69, 9.17) is 4.74 Å². The van der Waals surface area contributed by atoms with Crippen LogP contribution < -0.4 is 4.74 Å². The number of methoxy groups -OCH3 is 2. The van der Waals surface area contributed by atoms with Gasteiger partial charge in [-0.15, -0.1) is 0 Å². The fourth-order valence-corrected chi connectivity index (χ4v) is 1.32. The van der Waals surface area contributed by atoms with Crippen molar-refractivity contribution in [3.63, 3.8) is 0 Å². The summed E-state index contributed by atoms with van der Waals surface area (Å²) in [7, 11) is 2.49. The molecule has 0 bridgehead atoms. The number of hydrogen-bond acceptors (Lipinski definition) is 3. The number of rotatable bonds is 3. The lowest BCUT2D eigenvalue weighted by Gasteiger charge is -2.12. The van der Waals surface area contributed by atoms with E-state index in [0.717, 1.165) is 12.1 Å². The number of halogens is 3. The third-order valence-electron chi connectivity index (χ3n) is 2.17. The second kappa shape index (κ2) is 5.07. The van der Waals surface area contributed by atoms with E-state index >= 15 is 0 Å². The smallest absolute Gasteiger partial charge is 0.416 e. The van der Waals surface area contributed by atoms with E-state index in [-0.39, 0.29) is 17.7 Å². The summed E-state index contributed by atoms with van der Waals surface area (Å²) in [4.78, 5) is 11.1. The third kappa shape index (κ3) is 3.37. The minimum atomic E-state index is -4.45. The van der Waals surface area contributed by atoms with Crippen molar-refractivity contribution in [2.75, 3.05) is 14.2 Å². The molecule has 6 heteroatoms. The predicted octanol–water partition coefficient (Wildman–Crippen LogP) is 2.43. The van der Waals surface area contributed by atoms with Crippen molar-refractivity contribution in [1.82, 2.24) is 0 Å². The molecular weight excluding hydrogens is 237 g/mol.